The molecule has 1 saturated heterocycles. The molecule has 0 spiro atoms. The van der Waals surface area contributed by atoms with E-state index in [9.17, 15) is 4.79 Å². The third kappa shape index (κ3) is 2.96. The second-order valence-corrected chi connectivity index (χ2v) is 6.55. The van der Waals surface area contributed by atoms with Crippen molar-refractivity contribution in [1.29, 1.82) is 0 Å². The van der Waals surface area contributed by atoms with Crippen LogP contribution in [0, 0.1) is 0 Å². The molecule has 0 radical (unpaired) electrons. The van der Waals surface area contributed by atoms with Gasteiger partial charge in [-0.1, -0.05) is 42.5 Å². The molecule has 134 valence electrons. The molecule has 1 aliphatic rings. The molecule has 7 heteroatoms. The van der Waals surface area contributed by atoms with Crippen molar-refractivity contribution in [2.45, 2.75) is 25.0 Å². The molecule has 0 saturated carbocycles. The Labute approximate surface area is 151 Å². The van der Waals surface area contributed by atoms with Gasteiger partial charge in [-0.05, 0) is 24.6 Å². The van der Waals surface area contributed by atoms with E-state index in [1.165, 1.54) is 0 Å². The van der Waals surface area contributed by atoms with Gasteiger partial charge in [-0.3, -0.25) is 4.79 Å². The van der Waals surface area contributed by atoms with Gasteiger partial charge in [0, 0.05) is 13.1 Å². The second-order valence-electron chi connectivity index (χ2n) is 6.55. The number of aryl methyl sites for hydroxylation is 1. The number of hydrogen-bond donors (Lipinski definition) is 4. The maximum Gasteiger partial charge on any atom is 0.241 e. The van der Waals surface area contributed by atoms with Gasteiger partial charge in [0.2, 0.25) is 5.91 Å². The van der Waals surface area contributed by atoms with Gasteiger partial charge in [-0.2, -0.15) is 5.53 Å². The number of hydrazine groups is 2. The molecule has 2 aromatic carbocycles. The highest BCUT2D eigenvalue weighted by molar-refractivity contribution is 5.84. The maximum absolute atomic E-state index is 12.8. The zero-order valence-electron chi connectivity index (χ0n) is 14.7. The predicted octanol–water partition coefficient (Wildman–Crippen LogP) is 1.15. The first-order valence-corrected chi connectivity index (χ1v) is 8.68. The highest BCUT2D eigenvalue weighted by Crippen LogP contribution is 2.25. The Balaban J connectivity index is 1.73. The van der Waals surface area contributed by atoms with Crippen LogP contribution in [-0.2, 0) is 11.8 Å². The molecule has 1 aliphatic heterocycles. The SMILES string of the molecule is CC1NNNC1C(=O)NC(c1ccccc1)c1nc2ccccc2n1C. The highest BCUT2D eigenvalue weighted by atomic mass is 16.2. The Morgan fingerprint density at radius 3 is 2.54 bits per heavy atom. The summed E-state index contributed by atoms with van der Waals surface area (Å²) >= 11 is 0. The number of benzene rings is 2. The van der Waals surface area contributed by atoms with E-state index in [1.54, 1.807) is 0 Å². The highest BCUT2D eigenvalue weighted by Gasteiger charge is 2.32. The smallest absolute Gasteiger partial charge is 0.241 e. The number of imidazole rings is 1. The predicted molar refractivity (Wildman–Crippen MR) is 99.8 cm³/mol. The van der Waals surface area contributed by atoms with Crippen molar-refractivity contribution < 1.29 is 4.79 Å². The summed E-state index contributed by atoms with van der Waals surface area (Å²) in [4.78, 5) is 17.6. The van der Waals surface area contributed by atoms with Gasteiger partial charge in [0.25, 0.3) is 0 Å². The minimum absolute atomic E-state index is 0.0214. The summed E-state index contributed by atoms with van der Waals surface area (Å²) < 4.78 is 2.04. The van der Waals surface area contributed by atoms with Gasteiger partial charge in [-0.25, -0.2) is 15.8 Å². The molecule has 3 aromatic rings. The van der Waals surface area contributed by atoms with E-state index in [2.05, 4.69) is 21.7 Å². The molecule has 26 heavy (non-hydrogen) atoms. The number of fused-ring (bicyclic) bond motifs is 1. The fourth-order valence-electron chi connectivity index (χ4n) is 3.33. The van der Waals surface area contributed by atoms with Gasteiger partial charge in [0.15, 0.2) is 0 Å². The Kier molecular flexibility index (Phi) is 4.42. The first-order chi connectivity index (χ1) is 12.6. The summed E-state index contributed by atoms with van der Waals surface area (Å²) in [6.07, 6.45) is 0. The molecule has 2 heterocycles. The fourth-order valence-corrected chi connectivity index (χ4v) is 3.33. The number of nitrogens with zero attached hydrogens (tertiary/aromatic N) is 2. The number of carbonyl (C=O) groups excluding carboxylic acids is 1. The Morgan fingerprint density at radius 2 is 1.85 bits per heavy atom. The van der Waals surface area contributed by atoms with Crippen molar-refractivity contribution in [1.82, 2.24) is 31.3 Å². The summed E-state index contributed by atoms with van der Waals surface area (Å²) in [5.74, 6) is 0.716. The van der Waals surface area contributed by atoms with Gasteiger partial charge in [0.1, 0.15) is 17.9 Å². The standard InChI is InChI=1S/C19H22N6O/c1-12-16(23-24-22-12)19(26)21-17(13-8-4-3-5-9-13)18-20-14-10-6-7-11-15(14)25(18)2/h3-12,16-17,22-24H,1-2H3,(H,21,26). The van der Waals surface area contributed by atoms with Crippen LogP contribution in [0.3, 0.4) is 0 Å². The number of hydrogen-bond acceptors (Lipinski definition) is 5. The van der Waals surface area contributed by atoms with Crippen LogP contribution in [0.1, 0.15) is 24.4 Å². The summed E-state index contributed by atoms with van der Waals surface area (Å²) in [6.45, 7) is 1.95. The van der Waals surface area contributed by atoms with Crippen LogP contribution in [0.2, 0.25) is 0 Å². The van der Waals surface area contributed by atoms with Crippen molar-refractivity contribution in [2.24, 2.45) is 7.05 Å². The number of para-hydroxylation sites is 2. The molecule has 3 unspecified atom stereocenters. The first kappa shape index (κ1) is 16.7. The molecule has 0 aliphatic carbocycles. The van der Waals surface area contributed by atoms with E-state index in [0.29, 0.717) is 0 Å². The van der Waals surface area contributed by atoms with Gasteiger partial charge in [-0.15, -0.1) is 0 Å². The molecular weight excluding hydrogens is 328 g/mol. The molecule has 1 fully saturated rings. The summed E-state index contributed by atoms with van der Waals surface area (Å²) in [5, 5.41) is 3.16. The minimum atomic E-state index is -0.365. The molecule has 0 bridgehead atoms. The zero-order valence-corrected chi connectivity index (χ0v) is 14.7. The Bertz CT molecular complexity index is 922. The van der Waals surface area contributed by atoms with Crippen LogP contribution in [0.15, 0.2) is 54.6 Å². The van der Waals surface area contributed by atoms with Crippen molar-refractivity contribution in [3.05, 3.63) is 66.0 Å². The first-order valence-electron chi connectivity index (χ1n) is 8.68. The summed E-state index contributed by atoms with van der Waals surface area (Å²) in [6, 6.07) is 17.2. The van der Waals surface area contributed by atoms with Gasteiger partial charge < -0.3 is 9.88 Å². The quantitative estimate of drug-likeness (QED) is 0.567. The average molecular weight is 350 g/mol. The van der Waals surface area contributed by atoms with E-state index < -0.39 is 0 Å². The van der Waals surface area contributed by atoms with Gasteiger partial charge >= 0.3 is 0 Å². The molecular formula is C19H22N6O. The molecule has 1 amide bonds. The maximum atomic E-state index is 12.8. The number of rotatable bonds is 4. The third-order valence-electron chi connectivity index (χ3n) is 4.81. The van der Waals surface area contributed by atoms with Crippen LogP contribution < -0.4 is 21.7 Å². The summed E-state index contributed by atoms with van der Waals surface area (Å²) in [7, 11) is 1.98. The topological polar surface area (TPSA) is 83.0 Å². The molecule has 3 atom stereocenters. The molecule has 4 N–H and O–H groups in total. The van der Waals surface area contributed by atoms with Crippen molar-refractivity contribution >= 4 is 16.9 Å². The van der Waals surface area contributed by atoms with Crippen LogP contribution in [0.4, 0.5) is 0 Å². The number of aromatic nitrogens is 2. The fraction of sp³-hybridized carbons (Fsp3) is 0.263. The van der Waals surface area contributed by atoms with Crippen molar-refractivity contribution in [3.8, 4) is 0 Å². The van der Waals surface area contributed by atoms with Crippen molar-refractivity contribution in [2.75, 3.05) is 0 Å². The Hall–Kier alpha value is -2.74. The molecule has 1 aromatic heterocycles. The number of carbonyl (C=O) groups is 1. The monoisotopic (exact) mass is 350 g/mol. The third-order valence-corrected chi connectivity index (χ3v) is 4.81. The van der Waals surface area contributed by atoms with E-state index in [-0.39, 0.29) is 24.0 Å². The molecule has 4 rings (SSSR count). The molecule has 7 nitrogen and oxygen atoms in total. The second kappa shape index (κ2) is 6.87. The van der Waals surface area contributed by atoms with E-state index >= 15 is 0 Å². The zero-order chi connectivity index (χ0) is 18.1. The average Bonchev–Trinajstić information content (AvgIpc) is 3.24. The lowest BCUT2D eigenvalue weighted by molar-refractivity contribution is -0.123. The lowest BCUT2D eigenvalue weighted by atomic mass is 10.0. The van der Waals surface area contributed by atoms with E-state index in [4.69, 9.17) is 4.98 Å². The Morgan fingerprint density at radius 1 is 1.12 bits per heavy atom. The lowest BCUT2D eigenvalue weighted by Crippen LogP contribution is -2.48. The minimum Gasteiger partial charge on any atom is -0.341 e. The largest absolute Gasteiger partial charge is 0.341 e. The van der Waals surface area contributed by atoms with E-state index in [0.717, 1.165) is 22.4 Å². The van der Waals surface area contributed by atoms with Crippen LogP contribution >= 0.6 is 0 Å². The number of amides is 1. The van der Waals surface area contributed by atoms with Crippen LogP contribution in [0.25, 0.3) is 11.0 Å². The normalized spacial score (nSPS) is 21.0. The van der Waals surface area contributed by atoms with Gasteiger partial charge in [0.05, 0.1) is 11.0 Å². The number of nitrogens with one attached hydrogen (secondary N) is 4. The van der Waals surface area contributed by atoms with Crippen LogP contribution in [-0.4, -0.2) is 27.5 Å². The van der Waals surface area contributed by atoms with Crippen molar-refractivity contribution in [3.63, 3.8) is 0 Å². The lowest BCUT2D eigenvalue weighted by Gasteiger charge is -2.22. The summed E-state index contributed by atoms with van der Waals surface area (Å²) in [5.41, 5.74) is 11.7. The van der Waals surface area contributed by atoms with E-state index in [1.807, 2.05) is 73.1 Å². The van der Waals surface area contributed by atoms with Crippen LogP contribution in [0.5, 0.6) is 0 Å².